The van der Waals surface area contributed by atoms with Crippen molar-refractivity contribution in [3.63, 3.8) is 0 Å². The lowest BCUT2D eigenvalue weighted by Gasteiger charge is -2.40. The minimum Gasteiger partial charge on any atom is -0.371 e. The number of piperidine rings is 1. The van der Waals surface area contributed by atoms with Crippen LogP contribution in [0.5, 0.6) is 0 Å². The molecule has 0 radical (unpaired) electrons. The summed E-state index contributed by atoms with van der Waals surface area (Å²) in [6.07, 6.45) is 4.99. The van der Waals surface area contributed by atoms with Crippen molar-refractivity contribution in [1.82, 2.24) is 67.3 Å². The Morgan fingerprint density at radius 3 is 2.19 bits per heavy atom. The summed E-state index contributed by atoms with van der Waals surface area (Å²) in [6, 6.07) is 3.77. The van der Waals surface area contributed by atoms with E-state index in [2.05, 4.69) is 76.6 Å². The van der Waals surface area contributed by atoms with Crippen molar-refractivity contribution in [3.8, 4) is 0 Å². The number of ether oxygens (including phenoxy) is 1. The number of nitrogens with one attached hydrogen (secondary N) is 8. The van der Waals surface area contributed by atoms with Crippen molar-refractivity contribution in [2.75, 3.05) is 64.8 Å². The molecule has 7 atom stereocenters. The smallest absolute Gasteiger partial charge is 0.270 e. The Balaban J connectivity index is 1.21. The van der Waals surface area contributed by atoms with Gasteiger partial charge in [-0.2, -0.15) is 5.21 Å². The maximum atomic E-state index is 14.7. The van der Waals surface area contributed by atoms with Crippen LogP contribution >= 0.6 is 11.3 Å². The molecule has 24 nitrogen and oxygen atoms in total. The van der Waals surface area contributed by atoms with Crippen molar-refractivity contribution in [2.24, 2.45) is 17.6 Å². The van der Waals surface area contributed by atoms with E-state index >= 15 is 0 Å². The van der Waals surface area contributed by atoms with E-state index in [4.69, 9.17) is 15.5 Å². The van der Waals surface area contributed by atoms with Gasteiger partial charge in [0.05, 0.1) is 44.7 Å². The Morgan fingerprint density at radius 1 is 0.919 bits per heavy atom. The van der Waals surface area contributed by atoms with E-state index in [0.717, 1.165) is 43.4 Å². The molecule has 3 heterocycles. The number of thiazole rings is 1. The summed E-state index contributed by atoms with van der Waals surface area (Å²) in [5, 5.41) is 35.5. The molecule has 0 bridgehead atoms. The van der Waals surface area contributed by atoms with Gasteiger partial charge in [-0.25, -0.2) is 4.98 Å². The number of benzene rings is 1. The normalized spacial score (nSPS) is 18.1. The standard InChI is InChI=1S/C49H75N15O9S/c1-8-16-64(49(72)44(29(6)9-2)58-47(71)36-13-11-12-17-63(36)7)37(28(4)5)21-38(73-10-3)48-57-35(27-74-48)46(70)56-32-18-30-14-15-31(19-33(30)34(20-32)45-59-61-62-60-45)55-43(69)26-54-42(68)25-53-41(67)24-52-40(66)23-51-39(65)22-50/h14-15,19,27-29,32,34,36-38,44H,8-13,16-18,20-26,50H2,1-7H3,(H,51,65)(H,52,66)(H,53,67)(H,54,68)(H,55,69)(H,56,70)(H,58,71)(H,59,60,61,62). The molecule has 25 heteroatoms. The van der Waals surface area contributed by atoms with E-state index in [1.165, 1.54) is 11.3 Å². The van der Waals surface area contributed by atoms with Gasteiger partial charge in [0.15, 0.2) is 5.82 Å². The van der Waals surface area contributed by atoms with Crippen LogP contribution < -0.4 is 43.0 Å². The Labute approximate surface area is 436 Å². The number of aromatic nitrogens is 5. The summed E-state index contributed by atoms with van der Waals surface area (Å²) < 4.78 is 6.34. The maximum Gasteiger partial charge on any atom is 0.270 e. The predicted molar refractivity (Wildman–Crippen MR) is 275 cm³/mol. The van der Waals surface area contributed by atoms with Crippen molar-refractivity contribution in [3.05, 3.63) is 51.2 Å². The number of likely N-dealkylation sites (N-methyl/N-ethyl adjacent to an activating group) is 1. The molecule has 1 aromatic carbocycles. The molecule has 0 saturated carbocycles. The second-order valence-electron chi connectivity index (χ2n) is 19.2. The summed E-state index contributed by atoms with van der Waals surface area (Å²) in [5.41, 5.74) is 7.54. The highest BCUT2D eigenvalue weighted by Gasteiger charge is 2.39. The average molecular weight is 1050 g/mol. The molecule has 406 valence electrons. The van der Waals surface area contributed by atoms with Crippen LogP contribution in [0.2, 0.25) is 0 Å². The molecule has 2 aliphatic rings. The molecule has 8 amide bonds. The number of nitrogens with zero attached hydrogens (tertiary/aromatic N) is 6. The fourth-order valence-corrected chi connectivity index (χ4v) is 10.1. The van der Waals surface area contributed by atoms with Crippen LogP contribution in [0, 0.1) is 11.8 Å². The molecule has 0 spiro atoms. The van der Waals surface area contributed by atoms with Gasteiger partial charge in [0.1, 0.15) is 22.8 Å². The highest BCUT2D eigenvalue weighted by molar-refractivity contribution is 7.09. The molecule has 7 unspecified atom stereocenters. The molecule has 5 rings (SSSR count). The lowest BCUT2D eigenvalue weighted by Crippen LogP contribution is -2.58. The lowest BCUT2D eigenvalue weighted by molar-refractivity contribution is -0.143. The molecule has 3 aromatic rings. The first-order valence-electron chi connectivity index (χ1n) is 25.6. The highest BCUT2D eigenvalue weighted by Crippen LogP contribution is 2.37. The van der Waals surface area contributed by atoms with Crippen LogP contribution in [-0.2, 0) is 44.7 Å². The summed E-state index contributed by atoms with van der Waals surface area (Å²) in [5.74, 6) is -3.66. The Kier molecular flexibility index (Phi) is 22.8. The third-order valence-corrected chi connectivity index (χ3v) is 14.3. The van der Waals surface area contributed by atoms with Gasteiger partial charge in [0.25, 0.3) is 5.91 Å². The quantitative estimate of drug-likeness (QED) is 0.0506. The first-order chi connectivity index (χ1) is 35.5. The second-order valence-corrected chi connectivity index (χ2v) is 20.1. The summed E-state index contributed by atoms with van der Waals surface area (Å²) in [4.78, 5) is 112. The average Bonchev–Trinajstić information content (AvgIpc) is 4.12. The van der Waals surface area contributed by atoms with Crippen LogP contribution in [0.4, 0.5) is 5.69 Å². The molecule has 74 heavy (non-hydrogen) atoms. The van der Waals surface area contributed by atoms with E-state index in [9.17, 15) is 38.4 Å². The lowest BCUT2D eigenvalue weighted by atomic mass is 9.79. The number of fused-ring (bicyclic) bond motifs is 1. The molecular weight excluding hydrogens is 975 g/mol. The number of aromatic amines is 1. The van der Waals surface area contributed by atoms with Crippen LogP contribution in [0.3, 0.4) is 0 Å². The van der Waals surface area contributed by atoms with Crippen LogP contribution in [0.15, 0.2) is 23.6 Å². The Hall–Kier alpha value is -6.44. The number of hydrogen-bond acceptors (Lipinski definition) is 16. The Bertz CT molecular complexity index is 2380. The number of hydrogen-bond donors (Lipinski definition) is 9. The minimum absolute atomic E-state index is 0.0325. The molecule has 1 aliphatic carbocycles. The van der Waals surface area contributed by atoms with Gasteiger partial charge in [0.2, 0.25) is 41.4 Å². The zero-order valence-electron chi connectivity index (χ0n) is 43.6. The summed E-state index contributed by atoms with van der Waals surface area (Å²) in [6.45, 7) is 12.0. The fourth-order valence-electron chi connectivity index (χ4n) is 9.21. The number of likely N-dealkylation sites (tertiary alicyclic amines) is 1. The third kappa shape index (κ3) is 16.8. The number of rotatable bonds is 27. The highest BCUT2D eigenvalue weighted by atomic mass is 32.1. The number of carbonyl (C=O) groups excluding carboxylic acids is 8. The number of nitrogens with two attached hydrogens (primary N) is 1. The van der Waals surface area contributed by atoms with Crippen LogP contribution in [0.1, 0.15) is 131 Å². The van der Waals surface area contributed by atoms with Crippen molar-refractivity contribution in [2.45, 2.75) is 129 Å². The molecule has 1 fully saturated rings. The van der Waals surface area contributed by atoms with E-state index in [1.807, 2.05) is 45.7 Å². The number of H-pyrrole nitrogens is 1. The van der Waals surface area contributed by atoms with Gasteiger partial charge in [-0.15, -0.1) is 21.5 Å². The van der Waals surface area contributed by atoms with Crippen molar-refractivity contribution >= 4 is 64.3 Å². The number of tetrazole rings is 1. The third-order valence-electron chi connectivity index (χ3n) is 13.4. The maximum absolute atomic E-state index is 14.7. The first kappa shape index (κ1) is 58.4. The second kappa shape index (κ2) is 28.9. The van der Waals surface area contributed by atoms with E-state index in [-0.39, 0.29) is 66.5 Å². The zero-order valence-corrected chi connectivity index (χ0v) is 44.4. The van der Waals surface area contributed by atoms with E-state index in [0.29, 0.717) is 55.4 Å². The monoisotopic (exact) mass is 1050 g/mol. The molecule has 1 aliphatic heterocycles. The van der Waals surface area contributed by atoms with Crippen LogP contribution in [0.25, 0.3) is 0 Å². The SMILES string of the molecule is CCCN(C(=O)C(NC(=O)C1CCCCN1C)C(C)CC)C(CC(OCC)c1nc(C(=O)NC2Cc3ccc(NC(=O)CNC(=O)CNC(=O)CNC(=O)CNC(=O)CN)cc3C(c3nn[nH]n3)C2)cs1)C(C)C. The summed E-state index contributed by atoms with van der Waals surface area (Å²) >= 11 is 1.33. The van der Waals surface area contributed by atoms with E-state index < -0.39 is 67.2 Å². The van der Waals surface area contributed by atoms with Gasteiger partial charge < -0.3 is 52.6 Å². The number of carbonyl (C=O) groups is 8. The fraction of sp³-hybridized carbons (Fsp3) is 0.633. The molecular formula is C49H75N15O9S. The van der Waals surface area contributed by atoms with Gasteiger partial charge in [-0.1, -0.05) is 58.7 Å². The van der Waals surface area contributed by atoms with Gasteiger partial charge >= 0.3 is 0 Å². The topological polar surface area (TPSA) is 330 Å². The van der Waals surface area contributed by atoms with Crippen LogP contribution in [-0.4, -0.2) is 166 Å². The van der Waals surface area contributed by atoms with Gasteiger partial charge in [-0.3, -0.25) is 43.3 Å². The summed E-state index contributed by atoms with van der Waals surface area (Å²) in [7, 11) is 1.97. The zero-order chi connectivity index (χ0) is 53.9. The minimum atomic E-state index is -0.685. The first-order valence-corrected chi connectivity index (χ1v) is 26.5. The number of amides is 8. The largest absolute Gasteiger partial charge is 0.371 e. The molecule has 10 N–H and O–H groups in total. The van der Waals surface area contributed by atoms with Gasteiger partial charge in [-0.05, 0) is 87.7 Å². The van der Waals surface area contributed by atoms with E-state index in [1.54, 1.807) is 17.5 Å². The Morgan fingerprint density at radius 2 is 1.59 bits per heavy atom. The molecule has 2 aromatic heterocycles. The van der Waals surface area contributed by atoms with Gasteiger partial charge in [0, 0.05) is 42.7 Å². The van der Waals surface area contributed by atoms with Crippen molar-refractivity contribution < 1.29 is 43.1 Å². The number of anilines is 1. The predicted octanol–water partition coefficient (Wildman–Crippen LogP) is 0.641. The van der Waals surface area contributed by atoms with Crippen molar-refractivity contribution in [1.29, 1.82) is 0 Å². The molecule has 1 saturated heterocycles.